The number of halogens is 3. The van der Waals surface area contributed by atoms with Gasteiger partial charge in [-0.2, -0.15) is 17.9 Å². The number of hydrogen-bond donors (Lipinski definition) is 0. The van der Waals surface area contributed by atoms with Gasteiger partial charge in [0.05, 0.1) is 19.9 Å². The second-order valence-corrected chi connectivity index (χ2v) is 3.79. The summed E-state index contributed by atoms with van der Waals surface area (Å²) in [5, 5.41) is 9.21. The van der Waals surface area contributed by atoms with Crippen LogP contribution in [0.15, 0.2) is 18.2 Å². The van der Waals surface area contributed by atoms with Crippen LogP contribution in [-0.2, 0) is 10.9 Å². The highest BCUT2D eigenvalue weighted by atomic mass is 19.4. The van der Waals surface area contributed by atoms with Gasteiger partial charge < -0.3 is 9.47 Å². The second-order valence-electron chi connectivity index (χ2n) is 3.79. The molecule has 0 fully saturated rings. The van der Waals surface area contributed by atoms with Crippen molar-refractivity contribution in [2.24, 2.45) is 0 Å². The number of carbonyl (C=O) groups excluding carboxylic acids is 1. The van der Waals surface area contributed by atoms with Crippen molar-refractivity contribution in [3.63, 3.8) is 0 Å². The smallest absolute Gasteiger partial charge is 0.453 e. The SMILES string of the molecule is COC(=O)c1cc(-n2nnnc2C(F)(F)F)ccc1OC. The van der Waals surface area contributed by atoms with E-state index in [-0.39, 0.29) is 17.0 Å². The highest BCUT2D eigenvalue weighted by Crippen LogP contribution is 2.29. The van der Waals surface area contributed by atoms with E-state index in [1.807, 2.05) is 0 Å². The van der Waals surface area contributed by atoms with Gasteiger partial charge >= 0.3 is 12.1 Å². The summed E-state index contributed by atoms with van der Waals surface area (Å²) in [6, 6.07) is 3.76. The zero-order valence-electron chi connectivity index (χ0n) is 10.9. The first-order chi connectivity index (χ1) is 9.88. The molecular formula is C11H9F3N4O3. The number of methoxy groups -OCH3 is 2. The molecule has 0 saturated carbocycles. The third-order valence-electron chi connectivity index (χ3n) is 2.56. The van der Waals surface area contributed by atoms with Crippen LogP contribution < -0.4 is 4.74 Å². The Balaban J connectivity index is 2.56. The Bertz CT molecular complexity index is 669. The largest absolute Gasteiger partial charge is 0.496 e. The van der Waals surface area contributed by atoms with E-state index >= 15 is 0 Å². The van der Waals surface area contributed by atoms with E-state index < -0.39 is 18.0 Å². The summed E-state index contributed by atoms with van der Waals surface area (Å²) in [7, 11) is 2.46. The van der Waals surface area contributed by atoms with Crippen molar-refractivity contribution in [1.82, 2.24) is 20.2 Å². The maximum Gasteiger partial charge on any atom is 0.453 e. The molecule has 0 radical (unpaired) electrons. The minimum absolute atomic E-state index is 0.0406. The molecule has 21 heavy (non-hydrogen) atoms. The van der Waals surface area contributed by atoms with E-state index in [4.69, 9.17) is 4.74 Å². The monoisotopic (exact) mass is 302 g/mol. The number of aromatic nitrogens is 4. The Morgan fingerprint density at radius 2 is 2.00 bits per heavy atom. The molecule has 0 N–H and O–H groups in total. The third-order valence-corrected chi connectivity index (χ3v) is 2.56. The number of alkyl halides is 3. The van der Waals surface area contributed by atoms with Gasteiger partial charge in [0, 0.05) is 0 Å². The molecule has 7 nitrogen and oxygen atoms in total. The fourth-order valence-electron chi connectivity index (χ4n) is 1.63. The van der Waals surface area contributed by atoms with Crippen molar-refractivity contribution in [2.75, 3.05) is 14.2 Å². The lowest BCUT2D eigenvalue weighted by molar-refractivity contribution is -0.146. The Morgan fingerprint density at radius 3 is 2.57 bits per heavy atom. The van der Waals surface area contributed by atoms with Gasteiger partial charge in [0.2, 0.25) is 0 Å². The zero-order chi connectivity index (χ0) is 15.6. The van der Waals surface area contributed by atoms with Crippen LogP contribution in [0.4, 0.5) is 13.2 Å². The molecule has 0 saturated heterocycles. The quantitative estimate of drug-likeness (QED) is 0.799. The summed E-state index contributed by atoms with van der Waals surface area (Å²) in [4.78, 5) is 11.6. The standard InChI is InChI=1S/C11H9F3N4O3/c1-20-8-4-3-6(5-7(8)9(19)21-2)18-10(11(12,13)14)15-16-17-18/h3-5H,1-2H3. The molecule has 2 aromatic rings. The molecule has 0 bridgehead atoms. The summed E-state index contributed by atoms with van der Waals surface area (Å²) in [5.74, 6) is -1.90. The lowest BCUT2D eigenvalue weighted by Crippen LogP contribution is -2.15. The van der Waals surface area contributed by atoms with Crippen LogP contribution in [-0.4, -0.2) is 40.4 Å². The van der Waals surface area contributed by atoms with E-state index in [0.29, 0.717) is 4.68 Å². The van der Waals surface area contributed by atoms with Gasteiger partial charge in [0.1, 0.15) is 11.3 Å². The zero-order valence-corrected chi connectivity index (χ0v) is 10.9. The number of hydrogen-bond acceptors (Lipinski definition) is 6. The molecule has 0 amide bonds. The first-order valence-corrected chi connectivity index (χ1v) is 5.50. The van der Waals surface area contributed by atoms with Crippen molar-refractivity contribution in [2.45, 2.75) is 6.18 Å². The van der Waals surface area contributed by atoms with Crippen LogP contribution in [0.3, 0.4) is 0 Å². The highest BCUT2D eigenvalue weighted by Gasteiger charge is 2.38. The third kappa shape index (κ3) is 2.78. The van der Waals surface area contributed by atoms with Crippen molar-refractivity contribution in [3.8, 4) is 11.4 Å². The number of ether oxygens (including phenoxy) is 2. The van der Waals surface area contributed by atoms with Gasteiger partial charge in [-0.05, 0) is 28.6 Å². The van der Waals surface area contributed by atoms with Crippen molar-refractivity contribution >= 4 is 5.97 Å². The van der Waals surface area contributed by atoms with E-state index in [9.17, 15) is 18.0 Å². The second kappa shape index (κ2) is 5.38. The predicted molar refractivity (Wildman–Crippen MR) is 62.0 cm³/mol. The van der Waals surface area contributed by atoms with Gasteiger partial charge in [-0.3, -0.25) is 0 Å². The summed E-state index contributed by atoms with van der Waals surface area (Å²) in [6.07, 6.45) is -4.73. The van der Waals surface area contributed by atoms with Crippen molar-refractivity contribution in [3.05, 3.63) is 29.6 Å². The normalized spacial score (nSPS) is 11.3. The Hall–Kier alpha value is -2.65. The number of carbonyl (C=O) groups is 1. The summed E-state index contributed by atoms with van der Waals surface area (Å²) < 4.78 is 48.3. The lowest BCUT2D eigenvalue weighted by Gasteiger charge is -2.11. The molecule has 0 unspecified atom stereocenters. The van der Waals surface area contributed by atoms with Crippen molar-refractivity contribution < 1.29 is 27.4 Å². The van der Waals surface area contributed by atoms with Gasteiger partial charge in [-0.1, -0.05) is 0 Å². The molecule has 0 spiro atoms. The molecule has 1 aromatic carbocycles. The minimum Gasteiger partial charge on any atom is -0.496 e. The van der Waals surface area contributed by atoms with Gasteiger partial charge in [0.15, 0.2) is 0 Å². The Morgan fingerprint density at radius 1 is 1.29 bits per heavy atom. The number of esters is 1. The average molecular weight is 302 g/mol. The molecule has 2 rings (SSSR count). The van der Waals surface area contributed by atoms with Gasteiger partial charge in [-0.15, -0.1) is 5.10 Å². The molecule has 0 atom stereocenters. The van der Waals surface area contributed by atoms with Crippen LogP contribution >= 0.6 is 0 Å². The van der Waals surface area contributed by atoms with Gasteiger partial charge in [-0.25, -0.2) is 4.79 Å². The Kier molecular flexibility index (Phi) is 3.78. The van der Waals surface area contributed by atoms with Crippen LogP contribution in [0, 0.1) is 0 Å². The first-order valence-electron chi connectivity index (χ1n) is 5.50. The van der Waals surface area contributed by atoms with Crippen LogP contribution in [0.1, 0.15) is 16.2 Å². The predicted octanol–water partition coefficient (Wildman–Crippen LogP) is 1.48. The van der Waals surface area contributed by atoms with Crippen LogP contribution in [0.2, 0.25) is 0 Å². The van der Waals surface area contributed by atoms with E-state index in [1.165, 1.54) is 19.2 Å². The molecule has 0 aliphatic carbocycles. The fraction of sp³-hybridized carbons (Fsp3) is 0.273. The molecule has 10 heteroatoms. The molecule has 0 aliphatic rings. The first kappa shape index (κ1) is 14.8. The average Bonchev–Trinajstić information content (AvgIpc) is 2.95. The molecule has 0 aliphatic heterocycles. The van der Waals surface area contributed by atoms with E-state index in [2.05, 4.69) is 20.3 Å². The molecule has 112 valence electrons. The maximum atomic E-state index is 12.8. The molecule has 1 aromatic heterocycles. The van der Waals surface area contributed by atoms with Crippen LogP contribution in [0.5, 0.6) is 5.75 Å². The van der Waals surface area contributed by atoms with Crippen LogP contribution in [0.25, 0.3) is 5.69 Å². The summed E-state index contributed by atoms with van der Waals surface area (Å²) in [6.45, 7) is 0. The number of rotatable bonds is 3. The molecule has 1 heterocycles. The Labute approximate surface area is 116 Å². The summed E-state index contributed by atoms with van der Waals surface area (Å²) >= 11 is 0. The van der Waals surface area contributed by atoms with E-state index in [0.717, 1.165) is 13.2 Å². The lowest BCUT2D eigenvalue weighted by atomic mass is 10.1. The number of tetrazole rings is 1. The van der Waals surface area contributed by atoms with Crippen molar-refractivity contribution in [1.29, 1.82) is 0 Å². The number of benzene rings is 1. The topological polar surface area (TPSA) is 79.1 Å². The molecular weight excluding hydrogens is 293 g/mol. The van der Waals surface area contributed by atoms with Gasteiger partial charge in [0.25, 0.3) is 5.82 Å². The fourth-order valence-corrected chi connectivity index (χ4v) is 1.63. The minimum atomic E-state index is -4.73. The van der Waals surface area contributed by atoms with E-state index in [1.54, 1.807) is 0 Å². The maximum absolute atomic E-state index is 12.8. The highest BCUT2D eigenvalue weighted by molar-refractivity contribution is 5.93. The summed E-state index contributed by atoms with van der Waals surface area (Å²) in [5.41, 5.74) is -0.0883. The number of nitrogens with zero attached hydrogens (tertiary/aromatic N) is 4.